The summed E-state index contributed by atoms with van der Waals surface area (Å²) in [6.45, 7) is 4.28. The Morgan fingerprint density at radius 1 is 0.767 bits per heavy atom. The first-order valence-corrected chi connectivity index (χ1v) is 11.1. The van der Waals surface area contributed by atoms with E-state index >= 15 is 0 Å². The summed E-state index contributed by atoms with van der Waals surface area (Å²) in [5, 5.41) is 3.59. The van der Waals surface area contributed by atoms with E-state index in [0.29, 0.717) is 35.9 Å². The normalized spacial score (nSPS) is 13.8. The van der Waals surface area contributed by atoms with Crippen molar-refractivity contribution in [3.8, 4) is 0 Å². The van der Waals surface area contributed by atoms with Crippen LogP contribution in [0.25, 0.3) is 0 Å². The number of carbonyl (C=O) groups excluding carboxylic acids is 4. The first-order chi connectivity index (χ1) is 14.4. The van der Waals surface area contributed by atoms with Gasteiger partial charge in [0.2, 0.25) is 0 Å². The van der Waals surface area contributed by atoms with E-state index in [0.717, 1.165) is 11.1 Å². The molecule has 2 amide bonds. The van der Waals surface area contributed by atoms with E-state index in [1.165, 1.54) is 22.7 Å². The maximum absolute atomic E-state index is 12.3. The zero-order valence-electron chi connectivity index (χ0n) is 16.7. The number of aryl methyl sites for hydroxylation is 2. The molecular formula is C20H22N2O6S2. The predicted octanol–water partition coefficient (Wildman–Crippen LogP) is 2.11. The monoisotopic (exact) mass is 450 g/mol. The predicted molar refractivity (Wildman–Crippen MR) is 112 cm³/mol. The molecule has 0 spiro atoms. The maximum Gasteiger partial charge on any atom is 0.349 e. The Hall–Kier alpha value is -2.72. The number of nitrogens with zero attached hydrogens (tertiary/aromatic N) is 2. The molecule has 1 saturated heterocycles. The van der Waals surface area contributed by atoms with Crippen molar-refractivity contribution in [2.24, 2.45) is 0 Å². The van der Waals surface area contributed by atoms with Gasteiger partial charge in [0.1, 0.15) is 9.75 Å². The van der Waals surface area contributed by atoms with Crippen LogP contribution in [0.15, 0.2) is 22.9 Å². The number of hydrogen-bond acceptors (Lipinski definition) is 8. The zero-order chi connectivity index (χ0) is 21.7. The Kier molecular flexibility index (Phi) is 7.22. The summed E-state index contributed by atoms with van der Waals surface area (Å²) in [4.78, 5) is 52.7. The van der Waals surface area contributed by atoms with Crippen molar-refractivity contribution in [2.75, 3.05) is 39.4 Å². The molecular weight excluding hydrogens is 428 g/mol. The highest BCUT2D eigenvalue weighted by atomic mass is 32.1. The van der Waals surface area contributed by atoms with Crippen LogP contribution in [0.4, 0.5) is 0 Å². The number of ether oxygens (including phenoxy) is 2. The average Bonchev–Trinajstić information content (AvgIpc) is 3.37. The molecule has 8 nitrogen and oxygen atoms in total. The molecule has 10 heteroatoms. The average molecular weight is 451 g/mol. The van der Waals surface area contributed by atoms with Crippen molar-refractivity contribution in [1.82, 2.24) is 9.80 Å². The van der Waals surface area contributed by atoms with Crippen molar-refractivity contribution < 1.29 is 28.7 Å². The molecule has 160 valence electrons. The van der Waals surface area contributed by atoms with Gasteiger partial charge in [-0.25, -0.2) is 9.59 Å². The van der Waals surface area contributed by atoms with E-state index in [1.54, 1.807) is 20.6 Å². The number of hydrogen-bond donors (Lipinski definition) is 0. The molecule has 2 aromatic rings. The van der Waals surface area contributed by atoms with Gasteiger partial charge in [-0.05, 0) is 47.9 Å². The summed E-state index contributed by atoms with van der Waals surface area (Å²) >= 11 is 2.55. The molecule has 0 unspecified atom stereocenters. The van der Waals surface area contributed by atoms with Crippen LogP contribution in [-0.4, -0.2) is 72.9 Å². The first-order valence-electron chi connectivity index (χ1n) is 9.34. The van der Waals surface area contributed by atoms with Gasteiger partial charge in [0.15, 0.2) is 13.2 Å². The second-order valence-electron chi connectivity index (χ2n) is 6.78. The van der Waals surface area contributed by atoms with E-state index in [9.17, 15) is 19.2 Å². The Labute approximate surface area is 182 Å². The summed E-state index contributed by atoms with van der Waals surface area (Å²) in [6.07, 6.45) is 0. The molecule has 0 saturated carbocycles. The number of amides is 2. The van der Waals surface area contributed by atoms with Gasteiger partial charge in [0, 0.05) is 26.2 Å². The lowest BCUT2D eigenvalue weighted by atomic mass is 10.3. The van der Waals surface area contributed by atoms with Crippen molar-refractivity contribution in [3.05, 3.63) is 43.8 Å². The third-order valence-electron chi connectivity index (χ3n) is 4.73. The van der Waals surface area contributed by atoms with Crippen molar-refractivity contribution in [2.45, 2.75) is 13.8 Å². The fourth-order valence-corrected chi connectivity index (χ4v) is 4.57. The number of rotatable bonds is 6. The van der Waals surface area contributed by atoms with Gasteiger partial charge in [0.25, 0.3) is 11.8 Å². The highest BCUT2D eigenvalue weighted by Gasteiger charge is 2.26. The van der Waals surface area contributed by atoms with E-state index in [1.807, 2.05) is 26.0 Å². The van der Waals surface area contributed by atoms with E-state index < -0.39 is 11.9 Å². The Morgan fingerprint density at radius 2 is 1.13 bits per heavy atom. The molecule has 1 fully saturated rings. The maximum atomic E-state index is 12.3. The zero-order valence-corrected chi connectivity index (χ0v) is 18.3. The first kappa shape index (κ1) is 22.0. The van der Waals surface area contributed by atoms with Crippen LogP contribution >= 0.6 is 22.7 Å². The van der Waals surface area contributed by atoms with Gasteiger partial charge in [0.05, 0.1) is 0 Å². The topological polar surface area (TPSA) is 93.2 Å². The molecule has 0 aromatic carbocycles. The fourth-order valence-electron chi connectivity index (χ4n) is 2.94. The lowest BCUT2D eigenvalue weighted by Gasteiger charge is -2.34. The molecule has 30 heavy (non-hydrogen) atoms. The van der Waals surface area contributed by atoms with Gasteiger partial charge in [-0.15, -0.1) is 22.7 Å². The standard InChI is InChI=1S/C20H22N2O6S2/c1-13-3-9-29-17(13)19(25)27-11-15(23)21-5-7-22(8-6-21)16(24)12-28-20(26)18-14(2)4-10-30-18/h3-4,9-10H,5-8,11-12H2,1-2H3. The summed E-state index contributed by atoms with van der Waals surface area (Å²) in [6, 6.07) is 3.64. The summed E-state index contributed by atoms with van der Waals surface area (Å²) in [5.74, 6) is -1.62. The van der Waals surface area contributed by atoms with Gasteiger partial charge < -0.3 is 19.3 Å². The summed E-state index contributed by atoms with van der Waals surface area (Å²) in [7, 11) is 0. The number of esters is 2. The molecule has 1 aliphatic heterocycles. The highest BCUT2D eigenvalue weighted by molar-refractivity contribution is 7.12. The SMILES string of the molecule is Cc1ccsc1C(=O)OCC(=O)N1CCN(C(=O)COC(=O)c2sccc2C)CC1. The molecule has 3 rings (SSSR count). The van der Waals surface area contributed by atoms with E-state index in [4.69, 9.17) is 9.47 Å². The Morgan fingerprint density at radius 3 is 1.43 bits per heavy atom. The lowest BCUT2D eigenvalue weighted by Crippen LogP contribution is -2.52. The van der Waals surface area contributed by atoms with Crippen LogP contribution in [0.5, 0.6) is 0 Å². The van der Waals surface area contributed by atoms with E-state index in [2.05, 4.69) is 0 Å². The van der Waals surface area contributed by atoms with Gasteiger partial charge in [-0.2, -0.15) is 0 Å². The van der Waals surface area contributed by atoms with Crippen LogP contribution in [0.3, 0.4) is 0 Å². The molecule has 1 aliphatic rings. The summed E-state index contributed by atoms with van der Waals surface area (Å²) in [5.41, 5.74) is 1.64. The van der Waals surface area contributed by atoms with Crippen molar-refractivity contribution in [1.29, 1.82) is 0 Å². The molecule has 0 N–H and O–H groups in total. The smallest absolute Gasteiger partial charge is 0.349 e. The van der Waals surface area contributed by atoms with Crippen LogP contribution in [0.1, 0.15) is 30.5 Å². The number of piperazine rings is 1. The third-order valence-corrected chi connectivity index (χ3v) is 6.73. The molecule has 0 bridgehead atoms. The molecule has 0 atom stereocenters. The van der Waals surface area contributed by atoms with Gasteiger partial charge in [-0.1, -0.05) is 0 Å². The Bertz CT molecular complexity index is 867. The van der Waals surface area contributed by atoms with Gasteiger partial charge in [-0.3, -0.25) is 9.59 Å². The number of thiophene rings is 2. The van der Waals surface area contributed by atoms with Gasteiger partial charge >= 0.3 is 11.9 Å². The minimum Gasteiger partial charge on any atom is -0.451 e. The molecule has 2 aromatic heterocycles. The summed E-state index contributed by atoms with van der Waals surface area (Å²) < 4.78 is 10.2. The van der Waals surface area contributed by atoms with Crippen LogP contribution in [-0.2, 0) is 19.1 Å². The fraction of sp³-hybridized carbons (Fsp3) is 0.400. The Balaban J connectivity index is 1.39. The lowest BCUT2D eigenvalue weighted by molar-refractivity contribution is -0.142. The molecule has 0 radical (unpaired) electrons. The van der Waals surface area contributed by atoms with Crippen molar-refractivity contribution in [3.63, 3.8) is 0 Å². The van der Waals surface area contributed by atoms with E-state index in [-0.39, 0.29) is 25.0 Å². The molecule has 3 heterocycles. The quantitative estimate of drug-likeness (QED) is 0.626. The second-order valence-corrected chi connectivity index (χ2v) is 8.61. The van der Waals surface area contributed by atoms with Crippen LogP contribution in [0.2, 0.25) is 0 Å². The van der Waals surface area contributed by atoms with Crippen molar-refractivity contribution >= 4 is 46.4 Å². The second kappa shape index (κ2) is 9.86. The van der Waals surface area contributed by atoms with Crippen LogP contribution < -0.4 is 0 Å². The number of carbonyl (C=O) groups is 4. The minimum atomic E-state index is -0.507. The third kappa shape index (κ3) is 5.25. The van der Waals surface area contributed by atoms with Crippen LogP contribution in [0, 0.1) is 13.8 Å². The molecule has 0 aliphatic carbocycles. The minimum absolute atomic E-state index is 0.302. The highest BCUT2D eigenvalue weighted by Crippen LogP contribution is 2.17. The largest absolute Gasteiger partial charge is 0.451 e.